The number of ether oxygens (including phenoxy) is 2. The first kappa shape index (κ1) is 12.5. The van der Waals surface area contributed by atoms with Crippen LogP contribution < -0.4 is 5.73 Å². The van der Waals surface area contributed by atoms with E-state index in [1.807, 2.05) is 13.8 Å². The minimum atomic E-state index is -0.503. The van der Waals surface area contributed by atoms with Crippen LogP contribution in [0.15, 0.2) is 0 Å². The average molecular weight is 215 g/mol. The van der Waals surface area contributed by atoms with Crippen molar-refractivity contribution in [1.82, 2.24) is 0 Å². The first-order chi connectivity index (χ1) is 7.15. The molecule has 3 atom stereocenters. The molecule has 1 aliphatic rings. The molecular formula is C11H21NO3. The Morgan fingerprint density at radius 1 is 1.67 bits per heavy atom. The summed E-state index contributed by atoms with van der Waals surface area (Å²) < 4.78 is 10.5. The highest BCUT2D eigenvalue weighted by molar-refractivity contribution is 5.75. The molecule has 0 aromatic rings. The average Bonchev–Trinajstić information content (AvgIpc) is 2.76. The van der Waals surface area contributed by atoms with Crippen molar-refractivity contribution in [3.8, 4) is 0 Å². The van der Waals surface area contributed by atoms with Gasteiger partial charge in [0.25, 0.3) is 0 Å². The summed E-state index contributed by atoms with van der Waals surface area (Å²) in [7, 11) is 0. The van der Waals surface area contributed by atoms with Gasteiger partial charge in [-0.25, -0.2) is 0 Å². The summed E-state index contributed by atoms with van der Waals surface area (Å²) in [5, 5.41) is 0. The molecule has 1 rings (SSSR count). The van der Waals surface area contributed by atoms with Gasteiger partial charge in [-0.15, -0.1) is 0 Å². The van der Waals surface area contributed by atoms with Crippen molar-refractivity contribution in [2.45, 2.75) is 45.3 Å². The van der Waals surface area contributed by atoms with E-state index in [1.54, 1.807) is 0 Å². The maximum atomic E-state index is 11.5. The predicted molar refractivity (Wildman–Crippen MR) is 57.4 cm³/mol. The molecule has 1 saturated heterocycles. The topological polar surface area (TPSA) is 61.6 Å². The fourth-order valence-electron chi connectivity index (χ4n) is 1.53. The third kappa shape index (κ3) is 3.80. The molecule has 0 spiro atoms. The molecule has 15 heavy (non-hydrogen) atoms. The molecule has 2 N–H and O–H groups in total. The molecule has 0 bridgehead atoms. The number of nitrogens with two attached hydrogens (primary N) is 1. The molecular weight excluding hydrogens is 194 g/mol. The number of carbonyl (C=O) groups excluding carboxylic acids is 1. The number of hydrogen-bond donors (Lipinski definition) is 1. The van der Waals surface area contributed by atoms with Gasteiger partial charge in [-0.3, -0.25) is 4.79 Å². The third-order valence-corrected chi connectivity index (χ3v) is 2.96. The van der Waals surface area contributed by atoms with Gasteiger partial charge in [-0.1, -0.05) is 20.3 Å². The highest BCUT2D eigenvalue weighted by Gasteiger charge is 2.23. The smallest absolute Gasteiger partial charge is 0.323 e. The summed E-state index contributed by atoms with van der Waals surface area (Å²) in [6.45, 7) is 5.10. The van der Waals surface area contributed by atoms with E-state index in [4.69, 9.17) is 15.2 Å². The molecule has 0 radical (unpaired) electrons. The summed E-state index contributed by atoms with van der Waals surface area (Å²) in [5.74, 6) is -0.137. The Labute approximate surface area is 91.1 Å². The lowest BCUT2D eigenvalue weighted by atomic mass is 10.0. The maximum absolute atomic E-state index is 11.5. The van der Waals surface area contributed by atoms with E-state index in [9.17, 15) is 4.79 Å². The fourth-order valence-corrected chi connectivity index (χ4v) is 1.53. The Hall–Kier alpha value is -0.610. The van der Waals surface area contributed by atoms with Crippen molar-refractivity contribution >= 4 is 5.97 Å². The lowest BCUT2D eigenvalue weighted by Gasteiger charge is -2.18. The molecule has 0 aromatic heterocycles. The second kappa shape index (κ2) is 6.08. The molecule has 0 aliphatic carbocycles. The number of esters is 1. The zero-order valence-electron chi connectivity index (χ0n) is 9.57. The minimum Gasteiger partial charge on any atom is -0.462 e. The number of carbonyl (C=O) groups is 1. The van der Waals surface area contributed by atoms with Gasteiger partial charge in [0.05, 0.1) is 6.10 Å². The highest BCUT2D eigenvalue weighted by atomic mass is 16.6. The van der Waals surface area contributed by atoms with Crippen LogP contribution in [0.3, 0.4) is 0 Å². The van der Waals surface area contributed by atoms with Gasteiger partial charge in [-0.05, 0) is 18.8 Å². The van der Waals surface area contributed by atoms with Gasteiger partial charge in [0.2, 0.25) is 0 Å². The number of hydrogen-bond acceptors (Lipinski definition) is 4. The second-order valence-electron chi connectivity index (χ2n) is 4.18. The molecule has 0 amide bonds. The van der Waals surface area contributed by atoms with Crippen LogP contribution in [-0.4, -0.2) is 31.3 Å². The molecule has 88 valence electrons. The van der Waals surface area contributed by atoms with Crippen LogP contribution in [0.5, 0.6) is 0 Å². The second-order valence-corrected chi connectivity index (χ2v) is 4.18. The van der Waals surface area contributed by atoms with Crippen LogP contribution in [0.25, 0.3) is 0 Å². The van der Waals surface area contributed by atoms with Crippen molar-refractivity contribution in [2.24, 2.45) is 11.7 Å². The van der Waals surface area contributed by atoms with E-state index in [0.717, 1.165) is 25.9 Å². The summed E-state index contributed by atoms with van der Waals surface area (Å²) in [4.78, 5) is 11.5. The quantitative estimate of drug-likeness (QED) is 0.697. The highest BCUT2D eigenvalue weighted by Crippen LogP contribution is 2.13. The lowest BCUT2D eigenvalue weighted by Crippen LogP contribution is -2.39. The Kier molecular flexibility index (Phi) is 5.05. The monoisotopic (exact) mass is 215 g/mol. The minimum absolute atomic E-state index is 0.0816. The van der Waals surface area contributed by atoms with E-state index >= 15 is 0 Å². The fraction of sp³-hybridized carbons (Fsp3) is 0.909. The van der Waals surface area contributed by atoms with Crippen LogP contribution >= 0.6 is 0 Å². The van der Waals surface area contributed by atoms with Gasteiger partial charge < -0.3 is 15.2 Å². The zero-order chi connectivity index (χ0) is 11.3. The van der Waals surface area contributed by atoms with Crippen LogP contribution in [0.1, 0.15) is 33.1 Å². The summed E-state index contributed by atoms with van der Waals surface area (Å²) in [6, 6.07) is -0.503. The summed E-state index contributed by atoms with van der Waals surface area (Å²) >= 11 is 0. The van der Waals surface area contributed by atoms with E-state index in [-0.39, 0.29) is 18.0 Å². The van der Waals surface area contributed by atoms with E-state index < -0.39 is 6.04 Å². The predicted octanol–water partition coefficient (Wildman–Crippen LogP) is 1.08. The van der Waals surface area contributed by atoms with Gasteiger partial charge in [0, 0.05) is 6.61 Å². The number of rotatable bonds is 5. The molecule has 1 aliphatic heterocycles. The van der Waals surface area contributed by atoms with E-state index in [1.165, 1.54) is 0 Å². The lowest BCUT2D eigenvalue weighted by molar-refractivity contribution is -0.149. The normalized spacial score (nSPS) is 24.9. The molecule has 4 nitrogen and oxygen atoms in total. The van der Waals surface area contributed by atoms with E-state index in [0.29, 0.717) is 6.61 Å². The van der Waals surface area contributed by atoms with Crippen molar-refractivity contribution in [3.63, 3.8) is 0 Å². The Balaban J connectivity index is 2.22. The molecule has 0 aromatic carbocycles. The SMILES string of the molecule is CC[C@H](C)[C@H](N)C(=O)OCC1CCCO1. The molecule has 4 heteroatoms. The van der Waals surface area contributed by atoms with Crippen LogP contribution in [0.2, 0.25) is 0 Å². The summed E-state index contributed by atoms with van der Waals surface area (Å²) in [5.41, 5.74) is 5.74. The maximum Gasteiger partial charge on any atom is 0.323 e. The Morgan fingerprint density at radius 2 is 2.40 bits per heavy atom. The van der Waals surface area contributed by atoms with Crippen LogP contribution in [0.4, 0.5) is 0 Å². The Bertz CT molecular complexity index is 202. The van der Waals surface area contributed by atoms with Crippen molar-refractivity contribution < 1.29 is 14.3 Å². The van der Waals surface area contributed by atoms with Gasteiger partial charge in [0.15, 0.2) is 0 Å². The van der Waals surface area contributed by atoms with Crippen molar-refractivity contribution in [3.05, 3.63) is 0 Å². The molecule has 1 heterocycles. The Morgan fingerprint density at radius 3 is 2.93 bits per heavy atom. The first-order valence-electron chi connectivity index (χ1n) is 5.69. The van der Waals surface area contributed by atoms with Gasteiger partial charge in [-0.2, -0.15) is 0 Å². The van der Waals surface area contributed by atoms with Gasteiger partial charge >= 0.3 is 5.97 Å². The van der Waals surface area contributed by atoms with Crippen LogP contribution in [0, 0.1) is 5.92 Å². The molecule has 1 unspecified atom stereocenters. The van der Waals surface area contributed by atoms with E-state index in [2.05, 4.69) is 0 Å². The first-order valence-corrected chi connectivity index (χ1v) is 5.69. The largest absolute Gasteiger partial charge is 0.462 e. The molecule has 1 fully saturated rings. The zero-order valence-corrected chi connectivity index (χ0v) is 9.57. The standard InChI is InChI=1S/C11H21NO3/c1-3-8(2)10(12)11(13)15-7-9-5-4-6-14-9/h8-10H,3-7,12H2,1-2H3/t8-,9?,10-/m0/s1. The summed E-state index contributed by atoms with van der Waals surface area (Å²) in [6.07, 6.45) is 3.00. The van der Waals surface area contributed by atoms with Gasteiger partial charge in [0.1, 0.15) is 12.6 Å². The van der Waals surface area contributed by atoms with Crippen molar-refractivity contribution in [1.29, 1.82) is 0 Å². The molecule has 0 saturated carbocycles. The third-order valence-electron chi connectivity index (χ3n) is 2.96. The van der Waals surface area contributed by atoms with Crippen LogP contribution in [-0.2, 0) is 14.3 Å². The van der Waals surface area contributed by atoms with Crippen molar-refractivity contribution in [2.75, 3.05) is 13.2 Å².